The molecule has 2 aliphatic heterocycles. The summed E-state index contributed by atoms with van der Waals surface area (Å²) in [7, 11) is 0. The van der Waals surface area contributed by atoms with Gasteiger partial charge in [0.2, 0.25) is 17.7 Å². The van der Waals surface area contributed by atoms with E-state index in [1.165, 1.54) is 17.0 Å². The molecule has 1 aromatic carbocycles. The molecule has 2 saturated heterocycles. The number of carbonyl (C=O) groups excluding carboxylic acids is 3. The molecule has 3 amide bonds. The van der Waals surface area contributed by atoms with Crippen molar-refractivity contribution in [2.24, 2.45) is 5.92 Å². The summed E-state index contributed by atoms with van der Waals surface area (Å²) in [6.07, 6.45) is -3.35. The van der Waals surface area contributed by atoms with Crippen molar-refractivity contribution in [3.63, 3.8) is 0 Å². The predicted octanol–water partition coefficient (Wildman–Crippen LogP) is 1.08. The normalized spacial score (nSPS) is 20.9. The van der Waals surface area contributed by atoms with E-state index in [1.807, 2.05) is 0 Å². The van der Waals surface area contributed by atoms with E-state index in [2.05, 4.69) is 10.6 Å². The first-order chi connectivity index (χ1) is 13.8. The van der Waals surface area contributed by atoms with Crippen LogP contribution in [0.4, 0.5) is 13.2 Å². The van der Waals surface area contributed by atoms with Crippen LogP contribution in [0.5, 0.6) is 0 Å². The molecule has 2 heterocycles. The highest BCUT2D eigenvalue weighted by Gasteiger charge is 2.38. The highest BCUT2D eigenvalue weighted by molar-refractivity contribution is 5.94. The van der Waals surface area contributed by atoms with Gasteiger partial charge in [0.25, 0.3) is 0 Å². The van der Waals surface area contributed by atoms with Crippen LogP contribution in [0.15, 0.2) is 24.3 Å². The van der Waals surface area contributed by atoms with Crippen LogP contribution in [0, 0.1) is 5.92 Å². The quantitative estimate of drug-likeness (QED) is 0.773. The summed E-state index contributed by atoms with van der Waals surface area (Å²) in [5, 5.41) is 5.22. The first-order valence-corrected chi connectivity index (χ1v) is 9.34. The molecule has 0 spiro atoms. The Morgan fingerprint density at radius 3 is 2.45 bits per heavy atom. The minimum Gasteiger partial charge on any atom is -0.381 e. The van der Waals surface area contributed by atoms with E-state index in [0.29, 0.717) is 31.6 Å². The zero-order valence-corrected chi connectivity index (χ0v) is 15.6. The third-order valence-corrected chi connectivity index (χ3v) is 5.09. The number of carbonyl (C=O) groups is 3. The van der Waals surface area contributed by atoms with Crippen molar-refractivity contribution in [1.82, 2.24) is 15.5 Å². The second-order valence-corrected chi connectivity index (χ2v) is 7.09. The summed E-state index contributed by atoms with van der Waals surface area (Å²) in [5.41, 5.74) is -0.274. The minimum atomic E-state index is -4.42. The van der Waals surface area contributed by atoms with Gasteiger partial charge in [0.1, 0.15) is 12.6 Å². The van der Waals surface area contributed by atoms with Gasteiger partial charge in [-0.15, -0.1) is 0 Å². The van der Waals surface area contributed by atoms with Crippen LogP contribution in [0.3, 0.4) is 0 Å². The Kier molecular flexibility index (Phi) is 6.41. The topological polar surface area (TPSA) is 87.7 Å². The molecule has 158 valence electrons. The number of alkyl halides is 3. The number of benzene rings is 1. The molecule has 1 atom stereocenters. The van der Waals surface area contributed by atoms with Crippen LogP contribution in [0.2, 0.25) is 0 Å². The molecule has 0 radical (unpaired) electrons. The number of nitrogens with zero attached hydrogens (tertiary/aromatic N) is 1. The van der Waals surface area contributed by atoms with E-state index in [1.54, 1.807) is 0 Å². The molecule has 1 unspecified atom stereocenters. The Hall–Kier alpha value is -2.62. The third-order valence-electron chi connectivity index (χ3n) is 5.09. The van der Waals surface area contributed by atoms with Crippen LogP contribution in [0.25, 0.3) is 0 Å². The fourth-order valence-corrected chi connectivity index (χ4v) is 3.40. The molecule has 0 bridgehead atoms. The SMILES string of the molecule is O=C1CN(C(=O)C2CCOCC2)C(C(=O)NCc2ccc(C(F)(F)F)cc2)CN1. The smallest absolute Gasteiger partial charge is 0.381 e. The Bertz CT molecular complexity index is 761. The molecule has 10 heteroatoms. The maximum Gasteiger partial charge on any atom is 0.416 e. The lowest BCUT2D eigenvalue weighted by molar-refractivity contribution is -0.151. The molecule has 0 saturated carbocycles. The van der Waals surface area contributed by atoms with Gasteiger partial charge in [0.15, 0.2) is 0 Å². The summed E-state index contributed by atoms with van der Waals surface area (Å²) in [4.78, 5) is 38.5. The summed E-state index contributed by atoms with van der Waals surface area (Å²) >= 11 is 0. The fraction of sp³-hybridized carbons (Fsp3) is 0.526. The number of halogens is 3. The lowest BCUT2D eigenvalue weighted by Crippen LogP contribution is -2.62. The van der Waals surface area contributed by atoms with E-state index >= 15 is 0 Å². The van der Waals surface area contributed by atoms with Crippen LogP contribution in [-0.2, 0) is 31.8 Å². The summed E-state index contributed by atoms with van der Waals surface area (Å²) in [6, 6.07) is 3.61. The number of hydrogen-bond donors (Lipinski definition) is 2. The molecule has 3 rings (SSSR count). The van der Waals surface area contributed by atoms with E-state index in [-0.39, 0.29) is 37.4 Å². The van der Waals surface area contributed by atoms with E-state index in [0.717, 1.165) is 12.1 Å². The van der Waals surface area contributed by atoms with Gasteiger partial charge < -0.3 is 20.3 Å². The van der Waals surface area contributed by atoms with Gasteiger partial charge in [0.05, 0.1) is 5.56 Å². The van der Waals surface area contributed by atoms with Crippen molar-refractivity contribution in [3.05, 3.63) is 35.4 Å². The van der Waals surface area contributed by atoms with Crippen molar-refractivity contribution >= 4 is 17.7 Å². The number of piperazine rings is 1. The Morgan fingerprint density at radius 2 is 1.83 bits per heavy atom. The van der Waals surface area contributed by atoms with Crippen LogP contribution in [0.1, 0.15) is 24.0 Å². The van der Waals surface area contributed by atoms with E-state index in [4.69, 9.17) is 4.74 Å². The third kappa shape index (κ3) is 5.26. The molecule has 2 fully saturated rings. The molecule has 29 heavy (non-hydrogen) atoms. The zero-order valence-electron chi connectivity index (χ0n) is 15.6. The molecule has 0 aliphatic carbocycles. The lowest BCUT2D eigenvalue weighted by atomic mass is 9.97. The maximum absolute atomic E-state index is 12.8. The van der Waals surface area contributed by atoms with Crippen LogP contribution < -0.4 is 10.6 Å². The Morgan fingerprint density at radius 1 is 1.17 bits per heavy atom. The molecule has 2 N–H and O–H groups in total. The largest absolute Gasteiger partial charge is 0.416 e. The zero-order chi connectivity index (χ0) is 21.0. The molecular formula is C19H22F3N3O4. The minimum absolute atomic E-state index is 0.00730. The second kappa shape index (κ2) is 8.81. The maximum atomic E-state index is 12.8. The van der Waals surface area contributed by atoms with Crippen molar-refractivity contribution in [2.45, 2.75) is 31.6 Å². The van der Waals surface area contributed by atoms with Crippen molar-refractivity contribution in [3.8, 4) is 0 Å². The summed E-state index contributed by atoms with van der Waals surface area (Å²) in [5.74, 6) is -1.35. The number of rotatable bonds is 4. The van der Waals surface area contributed by atoms with Gasteiger partial charge in [-0.05, 0) is 30.5 Å². The summed E-state index contributed by atoms with van der Waals surface area (Å²) < 4.78 is 43.1. The molecule has 0 aromatic heterocycles. The average Bonchev–Trinajstić information content (AvgIpc) is 2.71. The first kappa shape index (κ1) is 21.1. The molecule has 2 aliphatic rings. The van der Waals surface area contributed by atoms with Gasteiger partial charge in [-0.2, -0.15) is 13.2 Å². The predicted molar refractivity (Wildman–Crippen MR) is 95.3 cm³/mol. The van der Waals surface area contributed by atoms with Gasteiger partial charge in [-0.25, -0.2) is 0 Å². The van der Waals surface area contributed by atoms with Gasteiger partial charge >= 0.3 is 6.18 Å². The highest BCUT2D eigenvalue weighted by atomic mass is 19.4. The van der Waals surface area contributed by atoms with Crippen LogP contribution >= 0.6 is 0 Å². The Labute approximate surface area is 165 Å². The Balaban J connectivity index is 1.62. The average molecular weight is 413 g/mol. The van der Waals surface area contributed by atoms with Crippen molar-refractivity contribution < 1.29 is 32.3 Å². The van der Waals surface area contributed by atoms with E-state index < -0.39 is 23.7 Å². The number of hydrogen-bond acceptors (Lipinski definition) is 4. The lowest BCUT2D eigenvalue weighted by Gasteiger charge is -2.37. The standard InChI is InChI=1S/C19H22F3N3O4/c20-19(21,22)14-3-1-12(2-4-14)9-24-17(27)15-10-23-16(26)11-25(15)18(28)13-5-7-29-8-6-13/h1-4,13,15H,5-11H2,(H,23,26)(H,24,27). The fourth-order valence-electron chi connectivity index (χ4n) is 3.40. The van der Waals surface area contributed by atoms with Crippen LogP contribution in [-0.4, -0.2) is 55.0 Å². The van der Waals surface area contributed by atoms with Gasteiger partial charge in [-0.3, -0.25) is 14.4 Å². The number of nitrogens with one attached hydrogen (secondary N) is 2. The van der Waals surface area contributed by atoms with Gasteiger partial charge in [-0.1, -0.05) is 12.1 Å². The second-order valence-electron chi connectivity index (χ2n) is 7.09. The monoisotopic (exact) mass is 413 g/mol. The van der Waals surface area contributed by atoms with E-state index in [9.17, 15) is 27.6 Å². The molecule has 7 nitrogen and oxygen atoms in total. The van der Waals surface area contributed by atoms with Crippen molar-refractivity contribution in [1.29, 1.82) is 0 Å². The highest BCUT2D eigenvalue weighted by Crippen LogP contribution is 2.29. The summed E-state index contributed by atoms with van der Waals surface area (Å²) in [6.45, 7) is 0.727. The van der Waals surface area contributed by atoms with Gasteiger partial charge in [0, 0.05) is 32.2 Å². The number of amides is 3. The number of ether oxygens (including phenoxy) is 1. The molecule has 1 aromatic rings. The van der Waals surface area contributed by atoms with Crippen molar-refractivity contribution in [2.75, 3.05) is 26.3 Å². The first-order valence-electron chi connectivity index (χ1n) is 9.34. The molecular weight excluding hydrogens is 391 g/mol.